The molecule has 0 aliphatic rings. The fourth-order valence-corrected chi connectivity index (χ4v) is 0. The average Bonchev–Trinajstić information content (AvgIpc) is 0. The molecule has 40 valence electrons. The molecule has 0 aliphatic heterocycles. The molecule has 0 aromatic carbocycles. The van der Waals surface area contributed by atoms with Gasteiger partial charge in [-0.05, 0) is 0 Å². The van der Waals surface area contributed by atoms with Gasteiger partial charge in [0.1, 0.15) is 0 Å². The minimum Gasteiger partial charge on any atom is -2.00 e. The van der Waals surface area contributed by atoms with E-state index >= 15 is 0 Å². The van der Waals surface area contributed by atoms with Crippen LogP contribution in [0.4, 0.5) is 0 Å². The molecule has 0 N–H and O–H groups in total. The van der Waals surface area contributed by atoms with Crippen LogP contribution in [-0.4, -0.2) is 0 Å². The van der Waals surface area contributed by atoms with Crippen molar-refractivity contribution in [3.63, 3.8) is 0 Å². The summed E-state index contributed by atoms with van der Waals surface area (Å²) in [6.45, 7) is 0. The van der Waals surface area contributed by atoms with Gasteiger partial charge in [0.05, 0.1) is 0 Å². The normalized spacial score (nSPS) is 0. The van der Waals surface area contributed by atoms with Gasteiger partial charge in [0.2, 0.25) is 0 Å². The van der Waals surface area contributed by atoms with Gasteiger partial charge >= 0.3 is 126 Å². The van der Waals surface area contributed by atoms with Gasteiger partial charge in [0.25, 0.3) is 0 Å². The van der Waals surface area contributed by atoms with Crippen LogP contribution in [0, 0.1) is 71.2 Å². The molecule has 0 aromatic heterocycles. The minimum absolute atomic E-state index is 0. The summed E-state index contributed by atoms with van der Waals surface area (Å²) in [5, 5.41) is 0. The van der Waals surface area contributed by atoms with E-state index in [0.29, 0.717) is 0 Å². The van der Waals surface area contributed by atoms with Crippen LogP contribution in [-0.2, 0) is 122 Å². The molecule has 0 heterocycles. The topological polar surface area (TPSA) is 0 Å². The Morgan fingerprint density at radius 1 is 0.333 bits per heavy atom. The van der Waals surface area contributed by atoms with Gasteiger partial charge in [-0.25, -0.2) is 0 Å². The van der Waals surface area contributed by atoms with E-state index in [1.807, 2.05) is 0 Å². The summed E-state index contributed by atoms with van der Waals surface area (Å²) in [6, 6.07) is 0. The second-order valence-electron chi connectivity index (χ2n) is 0. The third kappa shape index (κ3) is 56.1. The summed E-state index contributed by atoms with van der Waals surface area (Å²) in [5.41, 5.74) is 0. The summed E-state index contributed by atoms with van der Waals surface area (Å²) in [6.07, 6.45) is 0. The maximum absolute atomic E-state index is 0. The molecule has 0 aromatic rings. The summed E-state index contributed by atoms with van der Waals surface area (Å²) < 4.78 is 0. The zero-order valence-corrected chi connectivity index (χ0v) is 24.0. The molecular formula is Cd2La2S5. The molecule has 0 amide bonds. The van der Waals surface area contributed by atoms with E-state index in [1.54, 1.807) is 0 Å². The van der Waals surface area contributed by atoms with Crippen molar-refractivity contribution in [3.05, 3.63) is 0 Å². The minimum atomic E-state index is 0. The Morgan fingerprint density at radius 2 is 0.333 bits per heavy atom. The van der Waals surface area contributed by atoms with Crippen molar-refractivity contribution in [1.29, 1.82) is 0 Å². The van der Waals surface area contributed by atoms with E-state index in [4.69, 9.17) is 0 Å². The van der Waals surface area contributed by atoms with Gasteiger partial charge in [-0.2, -0.15) is 0 Å². The second kappa shape index (κ2) is 65.8. The first-order valence-electron chi connectivity index (χ1n) is 0. The first-order valence-corrected chi connectivity index (χ1v) is 0. The summed E-state index contributed by atoms with van der Waals surface area (Å²) >= 11 is 0. The van der Waals surface area contributed by atoms with E-state index in [9.17, 15) is 0 Å². The van der Waals surface area contributed by atoms with E-state index in [0.717, 1.165) is 0 Å². The van der Waals surface area contributed by atoms with Crippen LogP contribution < -0.4 is 0 Å². The molecule has 0 saturated heterocycles. The standard InChI is InChI=1S/2Cd.2La.5S/q2*+2;2*+3;5*-2. The van der Waals surface area contributed by atoms with Crippen LogP contribution in [0.1, 0.15) is 0 Å². The molecule has 0 saturated carbocycles. The van der Waals surface area contributed by atoms with Gasteiger partial charge < -0.3 is 67.5 Å². The van der Waals surface area contributed by atoms with Crippen molar-refractivity contribution in [3.8, 4) is 0 Å². The van der Waals surface area contributed by atoms with Crippen molar-refractivity contribution >= 4 is 67.5 Å². The van der Waals surface area contributed by atoms with E-state index in [2.05, 4.69) is 0 Å². The Hall–Kier alpha value is 5.98. The zero-order valence-electron chi connectivity index (χ0n) is 4.61. The summed E-state index contributed by atoms with van der Waals surface area (Å²) in [7, 11) is 0. The number of hydrogen-bond donors (Lipinski definition) is 0. The predicted octanol–water partition coefficient (Wildman–Crippen LogP) is -0.0170. The van der Waals surface area contributed by atoms with Crippen LogP contribution >= 0.6 is 0 Å². The summed E-state index contributed by atoms with van der Waals surface area (Å²) in [5.74, 6) is 0. The maximum atomic E-state index is 0. The Morgan fingerprint density at radius 3 is 0.333 bits per heavy atom. The molecule has 9 heavy (non-hydrogen) atoms. The molecule has 0 nitrogen and oxygen atoms in total. The third-order valence-corrected chi connectivity index (χ3v) is 0. The van der Waals surface area contributed by atoms with Crippen LogP contribution in [0.5, 0.6) is 0 Å². The van der Waals surface area contributed by atoms with Crippen molar-refractivity contribution in [1.82, 2.24) is 0 Å². The van der Waals surface area contributed by atoms with Crippen LogP contribution in [0.25, 0.3) is 0 Å². The van der Waals surface area contributed by atoms with Crippen molar-refractivity contribution in [2.24, 2.45) is 0 Å². The number of rotatable bonds is 0. The number of hydrogen-bond acceptors (Lipinski definition) is 0. The molecular weight excluding hydrogens is 663 g/mol. The Kier molecular flexibility index (Phi) is 599. The largest absolute Gasteiger partial charge is 3.00 e. The molecule has 0 fully saturated rings. The second-order valence-corrected chi connectivity index (χ2v) is 0. The smallest absolute Gasteiger partial charge is 2.00 e. The monoisotopic (exact) mass is 665 g/mol. The quantitative estimate of drug-likeness (QED) is 0.321. The molecule has 0 bridgehead atoms. The van der Waals surface area contributed by atoms with Crippen molar-refractivity contribution in [2.45, 2.75) is 0 Å². The van der Waals surface area contributed by atoms with Gasteiger partial charge in [0.15, 0.2) is 0 Å². The van der Waals surface area contributed by atoms with Crippen LogP contribution in [0.3, 0.4) is 0 Å². The molecule has 0 unspecified atom stereocenters. The van der Waals surface area contributed by atoms with Crippen LogP contribution in [0.2, 0.25) is 0 Å². The van der Waals surface area contributed by atoms with E-state index < -0.39 is 0 Å². The fraction of sp³-hybridized carbons (Fsp3) is 0. The van der Waals surface area contributed by atoms with Crippen molar-refractivity contribution < 1.29 is 126 Å². The Bertz CT molecular complexity index is 12.9. The predicted molar refractivity (Wildman–Crippen MR) is 36.8 cm³/mol. The fourth-order valence-electron chi connectivity index (χ4n) is 0. The first-order chi connectivity index (χ1) is 0. The third-order valence-electron chi connectivity index (χ3n) is 0. The van der Waals surface area contributed by atoms with Crippen LogP contribution in [0.15, 0.2) is 0 Å². The molecule has 0 spiro atoms. The average molecular weight is 663 g/mol. The van der Waals surface area contributed by atoms with Gasteiger partial charge in [-0.1, -0.05) is 0 Å². The first kappa shape index (κ1) is 81.8. The van der Waals surface area contributed by atoms with Crippen molar-refractivity contribution in [2.75, 3.05) is 0 Å². The molecule has 0 atom stereocenters. The van der Waals surface area contributed by atoms with Gasteiger partial charge in [-0.15, -0.1) is 0 Å². The molecule has 0 radical (unpaired) electrons. The Balaban J connectivity index is 0. The SMILES string of the molecule is [Cd+2].[Cd+2].[La+3].[La+3].[S-2].[S-2].[S-2].[S-2].[S-2]. The maximum Gasteiger partial charge on any atom is 3.00 e. The molecule has 0 rings (SSSR count). The van der Waals surface area contributed by atoms with E-state index in [1.165, 1.54) is 0 Å². The van der Waals surface area contributed by atoms with Gasteiger partial charge in [-0.3, -0.25) is 0 Å². The summed E-state index contributed by atoms with van der Waals surface area (Å²) in [4.78, 5) is 0. The molecule has 9 heteroatoms. The van der Waals surface area contributed by atoms with Gasteiger partial charge in [0, 0.05) is 0 Å². The zero-order chi connectivity index (χ0) is 0. The molecule has 0 aliphatic carbocycles. The Labute approximate surface area is 188 Å². The van der Waals surface area contributed by atoms with E-state index in [-0.39, 0.29) is 193 Å².